The molecule has 0 radical (unpaired) electrons. The van der Waals surface area contributed by atoms with Crippen molar-refractivity contribution in [3.63, 3.8) is 0 Å². The van der Waals surface area contributed by atoms with E-state index in [-0.39, 0.29) is 6.04 Å². The summed E-state index contributed by atoms with van der Waals surface area (Å²) in [4.78, 5) is 0. The fraction of sp³-hybridized carbons (Fsp3) is 0.733. The molecule has 2 heteroatoms. The van der Waals surface area contributed by atoms with Gasteiger partial charge >= 0.3 is 0 Å². The minimum atomic E-state index is 0.273. The molecule has 0 saturated heterocycles. The molecule has 17 heavy (non-hydrogen) atoms. The Bertz CT molecular complexity index is 354. The second kappa shape index (κ2) is 5.72. The SMILES string of the molecule is CCCC(C)Cn1cc2c(c1)C(N)CCCC2. The van der Waals surface area contributed by atoms with Gasteiger partial charge in [0.05, 0.1) is 0 Å². The van der Waals surface area contributed by atoms with E-state index in [0.29, 0.717) is 0 Å². The highest BCUT2D eigenvalue weighted by Gasteiger charge is 2.17. The predicted molar refractivity (Wildman–Crippen MR) is 73.0 cm³/mol. The third-order valence-electron chi connectivity index (χ3n) is 3.91. The molecule has 1 aromatic rings. The topological polar surface area (TPSA) is 30.9 Å². The molecule has 2 N–H and O–H groups in total. The Labute approximate surface area is 105 Å². The fourth-order valence-corrected chi connectivity index (χ4v) is 3.00. The van der Waals surface area contributed by atoms with Crippen molar-refractivity contribution in [1.29, 1.82) is 0 Å². The first-order chi connectivity index (χ1) is 8.20. The van der Waals surface area contributed by atoms with Crippen molar-refractivity contribution in [2.75, 3.05) is 0 Å². The Morgan fingerprint density at radius 2 is 2.24 bits per heavy atom. The second-order valence-corrected chi connectivity index (χ2v) is 5.68. The lowest BCUT2D eigenvalue weighted by Gasteiger charge is -2.11. The molecule has 0 spiro atoms. The summed E-state index contributed by atoms with van der Waals surface area (Å²) in [7, 11) is 0. The van der Waals surface area contributed by atoms with Crippen LogP contribution in [0.4, 0.5) is 0 Å². The monoisotopic (exact) mass is 234 g/mol. The van der Waals surface area contributed by atoms with Crippen LogP contribution in [0.5, 0.6) is 0 Å². The van der Waals surface area contributed by atoms with Crippen LogP contribution in [0.15, 0.2) is 12.4 Å². The minimum absolute atomic E-state index is 0.273. The molecule has 1 aromatic heterocycles. The molecule has 0 aliphatic heterocycles. The van der Waals surface area contributed by atoms with Crippen LogP contribution in [0.3, 0.4) is 0 Å². The van der Waals surface area contributed by atoms with E-state index >= 15 is 0 Å². The molecule has 2 rings (SSSR count). The van der Waals surface area contributed by atoms with Crippen molar-refractivity contribution in [3.8, 4) is 0 Å². The van der Waals surface area contributed by atoms with E-state index in [9.17, 15) is 0 Å². The van der Waals surface area contributed by atoms with Gasteiger partial charge in [0.25, 0.3) is 0 Å². The molecule has 0 bridgehead atoms. The molecule has 0 saturated carbocycles. The standard InChI is InChI=1S/C15H26N2/c1-3-6-12(2)9-17-10-13-7-4-5-8-15(16)14(13)11-17/h10-12,15H,3-9,16H2,1-2H3. The van der Waals surface area contributed by atoms with Crippen molar-refractivity contribution >= 4 is 0 Å². The summed E-state index contributed by atoms with van der Waals surface area (Å²) in [6.45, 7) is 5.75. The highest BCUT2D eigenvalue weighted by Crippen LogP contribution is 2.28. The highest BCUT2D eigenvalue weighted by atomic mass is 14.9. The highest BCUT2D eigenvalue weighted by molar-refractivity contribution is 5.28. The van der Waals surface area contributed by atoms with E-state index in [1.807, 2.05) is 0 Å². The average Bonchev–Trinajstić information content (AvgIpc) is 2.60. The van der Waals surface area contributed by atoms with Crippen molar-refractivity contribution in [2.45, 2.75) is 65.0 Å². The molecule has 1 aliphatic carbocycles. The number of hydrogen-bond donors (Lipinski definition) is 1. The predicted octanol–water partition coefficient (Wildman–Crippen LogP) is 3.65. The summed E-state index contributed by atoms with van der Waals surface area (Å²) in [5.41, 5.74) is 9.14. The Kier molecular flexibility index (Phi) is 4.27. The molecule has 2 nitrogen and oxygen atoms in total. The van der Waals surface area contributed by atoms with Crippen LogP contribution in [-0.4, -0.2) is 4.57 Å². The zero-order valence-electron chi connectivity index (χ0n) is 11.3. The van der Waals surface area contributed by atoms with E-state index in [1.54, 1.807) is 0 Å². The average molecular weight is 234 g/mol. The van der Waals surface area contributed by atoms with Crippen molar-refractivity contribution in [2.24, 2.45) is 11.7 Å². The molecule has 0 fully saturated rings. The minimum Gasteiger partial charge on any atom is -0.353 e. The van der Waals surface area contributed by atoms with E-state index in [4.69, 9.17) is 5.73 Å². The molecule has 0 amide bonds. The second-order valence-electron chi connectivity index (χ2n) is 5.68. The summed E-state index contributed by atoms with van der Waals surface area (Å²) in [6, 6.07) is 0.273. The summed E-state index contributed by atoms with van der Waals surface area (Å²) in [5.74, 6) is 0.771. The zero-order valence-corrected chi connectivity index (χ0v) is 11.3. The summed E-state index contributed by atoms with van der Waals surface area (Å²) >= 11 is 0. The molecular formula is C15H26N2. The van der Waals surface area contributed by atoms with E-state index < -0.39 is 0 Å². The van der Waals surface area contributed by atoms with E-state index in [0.717, 1.165) is 18.9 Å². The van der Waals surface area contributed by atoms with Crippen LogP contribution >= 0.6 is 0 Å². The lowest BCUT2D eigenvalue weighted by Crippen LogP contribution is -2.09. The molecular weight excluding hydrogens is 208 g/mol. The van der Waals surface area contributed by atoms with Gasteiger partial charge in [-0.15, -0.1) is 0 Å². The molecule has 2 atom stereocenters. The van der Waals surface area contributed by atoms with Gasteiger partial charge in [-0.1, -0.05) is 26.7 Å². The van der Waals surface area contributed by atoms with Crippen molar-refractivity contribution in [1.82, 2.24) is 4.57 Å². The Hall–Kier alpha value is -0.760. The first kappa shape index (κ1) is 12.7. The third-order valence-corrected chi connectivity index (χ3v) is 3.91. The van der Waals surface area contributed by atoms with Crippen LogP contribution in [0.2, 0.25) is 0 Å². The van der Waals surface area contributed by atoms with Gasteiger partial charge < -0.3 is 10.3 Å². The third kappa shape index (κ3) is 3.12. The first-order valence-electron chi connectivity index (χ1n) is 7.14. The summed E-state index contributed by atoms with van der Waals surface area (Å²) in [6.07, 6.45) is 12.2. The smallest absolute Gasteiger partial charge is 0.0312 e. The number of nitrogens with two attached hydrogens (primary N) is 1. The van der Waals surface area contributed by atoms with Gasteiger partial charge in [0.2, 0.25) is 0 Å². The quantitative estimate of drug-likeness (QED) is 0.792. The van der Waals surface area contributed by atoms with Crippen molar-refractivity contribution < 1.29 is 0 Å². The molecule has 2 unspecified atom stereocenters. The van der Waals surface area contributed by atoms with Gasteiger partial charge in [0.15, 0.2) is 0 Å². The van der Waals surface area contributed by atoms with Gasteiger partial charge in [-0.3, -0.25) is 0 Å². The first-order valence-corrected chi connectivity index (χ1v) is 7.14. The molecule has 0 aromatic carbocycles. The van der Waals surface area contributed by atoms with Gasteiger partial charge in [-0.2, -0.15) is 0 Å². The number of aryl methyl sites for hydroxylation is 1. The van der Waals surface area contributed by atoms with Crippen molar-refractivity contribution in [3.05, 3.63) is 23.5 Å². The normalized spacial score (nSPS) is 21.9. The summed E-state index contributed by atoms with van der Waals surface area (Å²) < 4.78 is 2.37. The largest absolute Gasteiger partial charge is 0.353 e. The maximum absolute atomic E-state index is 6.24. The Morgan fingerprint density at radius 3 is 3.00 bits per heavy atom. The Morgan fingerprint density at radius 1 is 1.41 bits per heavy atom. The molecule has 1 heterocycles. The fourth-order valence-electron chi connectivity index (χ4n) is 3.00. The maximum atomic E-state index is 6.24. The van der Waals surface area contributed by atoms with Gasteiger partial charge in [-0.25, -0.2) is 0 Å². The van der Waals surface area contributed by atoms with Crippen LogP contribution < -0.4 is 5.73 Å². The van der Waals surface area contributed by atoms with Gasteiger partial charge in [0.1, 0.15) is 0 Å². The summed E-state index contributed by atoms with van der Waals surface area (Å²) in [5, 5.41) is 0. The van der Waals surface area contributed by atoms with Crippen LogP contribution in [0.25, 0.3) is 0 Å². The van der Waals surface area contributed by atoms with E-state index in [2.05, 4.69) is 30.8 Å². The Balaban J connectivity index is 2.08. The van der Waals surface area contributed by atoms with Crippen LogP contribution in [0.1, 0.15) is 63.1 Å². The number of hydrogen-bond acceptors (Lipinski definition) is 1. The number of nitrogens with zero attached hydrogens (tertiary/aromatic N) is 1. The number of aromatic nitrogens is 1. The number of rotatable bonds is 4. The zero-order chi connectivity index (χ0) is 12.3. The number of fused-ring (bicyclic) bond motifs is 1. The van der Waals surface area contributed by atoms with Crippen LogP contribution in [-0.2, 0) is 13.0 Å². The lowest BCUT2D eigenvalue weighted by atomic mass is 10.1. The van der Waals surface area contributed by atoms with Crippen LogP contribution in [0, 0.1) is 5.92 Å². The van der Waals surface area contributed by atoms with Gasteiger partial charge in [0, 0.05) is 25.0 Å². The molecule has 1 aliphatic rings. The lowest BCUT2D eigenvalue weighted by molar-refractivity contribution is 0.445. The molecule has 96 valence electrons. The van der Waals surface area contributed by atoms with E-state index in [1.165, 1.54) is 43.2 Å². The maximum Gasteiger partial charge on any atom is 0.0312 e. The van der Waals surface area contributed by atoms with Gasteiger partial charge in [-0.05, 0) is 42.7 Å².